The van der Waals surface area contributed by atoms with Crippen molar-refractivity contribution in [3.63, 3.8) is 0 Å². The first-order valence-corrected chi connectivity index (χ1v) is 0.707. The number of halogens is 1. The summed E-state index contributed by atoms with van der Waals surface area (Å²) in [5, 5.41) is 0. The van der Waals surface area contributed by atoms with E-state index in [1.807, 2.05) is 0 Å². The standard InChI is InChI=1S/Al.FH.O.H4Si/h;1H;;1H4. The van der Waals surface area contributed by atoms with Crippen LogP contribution in [0.4, 0.5) is 4.70 Å². The van der Waals surface area contributed by atoms with Gasteiger partial charge in [-0.15, -0.1) is 0 Å². The second-order valence-electron chi connectivity index (χ2n) is 0. The molecule has 0 aliphatic rings. The average Bonchev–Trinajstić information content (AvgIpc) is 1.00. The van der Waals surface area contributed by atoms with E-state index >= 15 is 0 Å². The number of rotatable bonds is 0. The van der Waals surface area contributed by atoms with Gasteiger partial charge in [-0.2, -0.15) is 0 Å². The Kier molecular flexibility index (Phi) is 577. The first-order valence-electron chi connectivity index (χ1n) is 0.236. The van der Waals surface area contributed by atoms with Crippen molar-refractivity contribution in [1.82, 2.24) is 0 Å². The molecule has 1 nitrogen and oxygen atoms in total. The van der Waals surface area contributed by atoms with Crippen molar-refractivity contribution in [2.75, 3.05) is 0 Å². The summed E-state index contributed by atoms with van der Waals surface area (Å²) in [6, 6.07) is 0. The van der Waals surface area contributed by atoms with Gasteiger partial charge in [-0.05, 0) is 11.0 Å². The summed E-state index contributed by atoms with van der Waals surface area (Å²) in [7, 11) is 0. The Morgan fingerprint density at radius 1 is 1.25 bits per heavy atom. The molecule has 0 saturated heterocycles. The fourth-order valence-electron chi connectivity index (χ4n) is 0. The molecule has 0 aliphatic heterocycles. The molecule has 25 valence electrons. The molecule has 0 amide bonds. The molecule has 0 rings (SSSR count). The van der Waals surface area contributed by atoms with Crippen LogP contribution in [0.15, 0.2) is 0 Å². The minimum atomic E-state index is 0. The van der Waals surface area contributed by atoms with Crippen LogP contribution in [0.1, 0.15) is 0 Å². The van der Waals surface area contributed by atoms with Crippen molar-refractivity contribution in [3.8, 4) is 0 Å². The zero-order chi connectivity index (χ0) is 2.00. The van der Waals surface area contributed by atoms with E-state index in [1.165, 1.54) is 16.2 Å². The van der Waals surface area contributed by atoms with Crippen LogP contribution in [0.5, 0.6) is 0 Å². The second kappa shape index (κ2) is 93.1. The van der Waals surface area contributed by atoms with Crippen LogP contribution in [0.2, 0.25) is 0 Å². The van der Waals surface area contributed by atoms with Crippen molar-refractivity contribution in [2.24, 2.45) is 0 Å². The normalized spacial score (nSPS) is 0.750. The summed E-state index contributed by atoms with van der Waals surface area (Å²) < 4.78 is 8.17. The van der Waals surface area contributed by atoms with Crippen LogP contribution in [-0.2, 0) is 3.80 Å². The first kappa shape index (κ1) is 24.8. The van der Waals surface area contributed by atoms with Gasteiger partial charge in [0.15, 0.2) is 0 Å². The van der Waals surface area contributed by atoms with Crippen molar-refractivity contribution in [2.45, 2.75) is 0 Å². The smallest absolute Gasteiger partial charge is 0.0149 e. The Hall–Kier alpha value is 0.479. The van der Waals surface area contributed by atoms with Gasteiger partial charge in [0.1, 0.15) is 0 Å². The minimum absolute atomic E-state index is 0. The molecule has 0 aromatic heterocycles. The van der Waals surface area contributed by atoms with Crippen LogP contribution in [0, 0.1) is 0 Å². The molecule has 0 N–H and O–H groups in total. The third-order valence-corrected chi connectivity index (χ3v) is 0. The van der Waals surface area contributed by atoms with Gasteiger partial charge in [0.2, 0.25) is 0 Å². The fourth-order valence-corrected chi connectivity index (χ4v) is 0. The van der Waals surface area contributed by atoms with Crippen molar-refractivity contribution >= 4 is 27.2 Å². The van der Waals surface area contributed by atoms with E-state index in [9.17, 15) is 0 Å². The number of hydrogen-bond acceptors (Lipinski definition) is 1. The molecule has 0 unspecified atom stereocenters. The molecule has 4 heteroatoms. The van der Waals surface area contributed by atoms with Crippen molar-refractivity contribution < 1.29 is 8.51 Å². The van der Waals surface area contributed by atoms with E-state index in [2.05, 4.69) is 0 Å². The molecule has 1 radical (unpaired) electrons. The Labute approximate surface area is 36.4 Å². The van der Waals surface area contributed by atoms with Gasteiger partial charge < -0.3 is 0 Å². The molecule has 0 aromatic rings. The largest absolute Gasteiger partial charge is 0.0149 e. The van der Waals surface area contributed by atoms with Crippen molar-refractivity contribution in [1.29, 1.82) is 0 Å². The van der Waals surface area contributed by atoms with Gasteiger partial charge in [-0.25, -0.2) is 0 Å². The summed E-state index contributed by atoms with van der Waals surface area (Å²) in [6.45, 7) is 0. The summed E-state index contributed by atoms with van der Waals surface area (Å²) in [6.07, 6.45) is 0. The predicted octanol–water partition coefficient (Wildman–Crippen LogP) is -1.80. The van der Waals surface area contributed by atoms with E-state index in [0.29, 0.717) is 0 Å². The summed E-state index contributed by atoms with van der Waals surface area (Å²) in [5.41, 5.74) is 0. The molecular weight excluding hydrogens is 90.1 g/mol. The third-order valence-electron chi connectivity index (χ3n) is 0. The summed E-state index contributed by atoms with van der Waals surface area (Å²) in [5.74, 6) is 0. The van der Waals surface area contributed by atoms with Crippen LogP contribution >= 0.6 is 0 Å². The molecule has 0 aromatic carbocycles. The van der Waals surface area contributed by atoms with Gasteiger partial charge in [-0.1, -0.05) is 0 Å². The van der Waals surface area contributed by atoms with Crippen molar-refractivity contribution in [3.05, 3.63) is 0 Å². The SMILES string of the molecule is F.[O]=[Al].[SiH4]. The molecular formula is H5AlFOSi. The van der Waals surface area contributed by atoms with E-state index in [0.717, 1.165) is 0 Å². The van der Waals surface area contributed by atoms with Crippen LogP contribution < -0.4 is 0 Å². The molecule has 0 aliphatic carbocycles. The van der Waals surface area contributed by atoms with E-state index in [-0.39, 0.29) is 15.7 Å². The van der Waals surface area contributed by atoms with E-state index in [4.69, 9.17) is 3.80 Å². The second-order valence-corrected chi connectivity index (χ2v) is 0. The Morgan fingerprint density at radius 2 is 1.25 bits per heavy atom. The maximum atomic E-state index is 8.17. The molecule has 4 heavy (non-hydrogen) atoms. The zero-order valence-corrected chi connectivity index (χ0v) is 2.55. The molecule has 0 atom stereocenters. The third kappa shape index (κ3) is 23.6. The van der Waals surface area contributed by atoms with Gasteiger partial charge in [-0.3, -0.25) is 4.70 Å². The van der Waals surface area contributed by atoms with Gasteiger partial charge in [0.05, 0.1) is 0 Å². The molecule has 0 heterocycles. The van der Waals surface area contributed by atoms with Gasteiger partial charge >= 0.3 is 20.0 Å². The zero-order valence-electron chi connectivity index (χ0n) is 1.39. The Balaban J connectivity index is -0.00000000500. The topological polar surface area (TPSA) is 17.1 Å². The van der Waals surface area contributed by atoms with E-state index < -0.39 is 0 Å². The van der Waals surface area contributed by atoms with E-state index in [1.54, 1.807) is 0 Å². The predicted molar refractivity (Wildman–Crippen MR) is 20.3 cm³/mol. The molecule has 0 saturated carbocycles. The number of hydrogen-bond donors (Lipinski definition) is 0. The Bertz CT molecular complexity index is 8.00. The molecule has 0 spiro atoms. The molecule has 0 bridgehead atoms. The average molecular weight is 95.1 g/mol. The van der Waals surface area contributed by atoms with Crippen LogP contribution in [0.25, 0.3) is 0 Å². The quantitative estimate of drug-likeness (QED) is 0.324. The first-order chi connectivity index (χ1) is 1.00. The summed E-state index contributed by atoms with van der Waals surface area (Å²) >= 11 is 1.17. The fraction of sp³-hybridized carbons (Fsp3) is 0. The van der Waals surface area contributed by atoms with Gasteiger partial charge in [0, 0.05) is 0 Å². The maximum absolute atomic E-state index is 8.17. The van der Waals surface area contributed by atoms with Gasteiger partial charge in [0.25, 0.3) is 0 Å². The van der Waals surface area contributed by atoms with Crippen LogP contribution in [0.3, 0.4) is 0 Å². The monoisotopic (exact) mass is 95.0 g/mol. The Morgan fingerprint density at radius 3 is 1.25 bits per heavy atom. The summed E-state index contributed by atoms with van der Waals surface area (Å²) in [4.78, 5) is 0. The van der Waals surface area contributed by atoms with Crippen LogP contribution in [-0.4, -0.2) is 27.2 Å². The minimum Gasteiger partial charge on any atom is -0.0149 e. The molecule has 0 fully saturated rings. The maximum Gasteiger partial charge on any atom is -0.0149 e.